The van der Waals surface area contributed by atoms with E-state index < -0.39 is 0 Å². The van der Waals surface area contributed by atoms with Gasteiger partial charge in [-0.1, -0.05) is 29.5 Å². The zero-order valence-corrected chi connectivity index (χ0v) is 18.7. The predicted molar refractivity (Wildman–Crippen MR) is 124 cm³/mol. The Morgan fingerprint density at radius 3 is 2.93 bits per heavy atom. The van der Waals surface area contributed by atoms with Crippen LogP contribution in [0.4, 0.5) is 5.13 Å². The van der Waals surface area contributed by atoms with E-state index in [9.17, 15) is 4.79 Å². The molecular formula is C23H26N2O3S2. The highest BCUT2D eigenvalue weighted by Crippen LogP contribution is 2.32. The number of thioether (sulfide) groups is 1. The van der Waals surface area contributed by atoms with Crippen molar-refractivity contribution in [3.8, 4) is 5.75 Å². The normalized spacial score (nSPS) is 16.1. The van der Waals surface area contributed by atoms with Crippen molar-refractivity contribution in [3.05, 3.63) is 48.5 Å². The molecule has 1 atom stereocenters. The maximum atomic E-state index is 13.1. The second kappa shape index (κ2) is 10.3. The molecule has 1 aromatic heterocycles. The Balaban J connectivity index is 1.44. The molecule has 1 aliphatic rings. The largest absolute Gasteiger partial charge is 0.497 e. The maximum absolute atomic E-state index is 13.1. The van der Waals surface area contributed by atoms with E-state index >= 15 is 0 Å². The average Bonchev–Trinajstić information content (AvgIpc) is 3.44. The van der Waals surface area contributed by atoms with Crippen molar-refractivity contribution < 1.29 is 14.3 Å². The number of hydrogen-bond donors (Lipinski definition) is 0. The van der Waals surface area contributed by atoms with Crippen molar-refractivity contribution in [2.24, 2.45) is 0 Å². The molecule has 4 rings (SSSR count). The lowest BCUT2D eigenvalue weighted by molar-refractivity contribution is -0.119. The van der Waals surface area contributed by atoms with Crippen molar-refractivity contribution in [1.82, 2.24) is 4.98 Å². The maximum Gasteiger partial charge on any atom is 0.228 e. The van der Waals surface area contributed by atoms with Crippen LogP contribution < -0.4 is 9.64 Å². The number of fused-ring (bicyclic) bond motifs is 1. The molecule has 2 aromatic carbocycles. The van der Waals surface area contributed by atoms with Crippen LogP contribution in [0.25, 0.3) is 10.2 Å². The molecule has 0 spiro atoms. The predicted octanol–water partition coefficient (Wildman–Crippen LogP) is 5.39. The second-order valence-corrected chi connectivity index (χ2v) is 9.41. The number of anilines is 1. The lowest BCUT2D eigenvalue weighted by atomic mass is 10.2. The first-order chi connectivity index (χ1) is 14.7. The fourth-order valence-corrected chi connectivity index (χ4v) is 5.33. The van der Waals surface area contributed by atoms with E-state index in [2.05, 4.69) is 12.1 Å². The van der Waals surface area contributed by atoms with Crippen LogP contribution >= 0.6 is 23.1 Å². The Morgan fingerprint density at radius 1 is 1.30 bits per heavy atom. The van der Waals surface area contributed by atoms with E-state index in [-0.39, 0.29) is 12.0 Å². The third kappa shape index (κ3) is 5.33. The van der Waals surface area contributed by atoms with Gasteiger partial charge in [0.25, 0.3) is 0 Å². The fraction of sp³-hybridized carbons (Fsp3) is 0.391. The molecule has 158 valence electrons. The first kappa shape index (κ1) is 21.2. The summed E-state index contributed by atoms with van der Waals surface area (Å²) in [7, 11) is 1.65. The summed E-state index contributed by atoms with van der Waals surface area (Å²) in [5.41, 5.74) is 0.860. The van der Waals surface area contributed by atoms with E-state index in [1.54, 1.807) is 30.2 Å². The molecule has 1 amide bonds. The third-order valence-corrected chi connectivity index (χ3v) is 7.23. The van der Waals surface area contributed by atoms with Crippen LogP contribution in [0.2, 0.25) is 0 Å². The van der Waals surface area contributed by atoms with Gasteiger partial charge in [-0.05, 0) is 49.3 Å². The van der Waals surface area contributed by atoms with Crippen molar-refractivity contribution >= 4 is 44.4 Å². The quantitative estimate of drug-likeness (QED) is 0.328. The van der Waals surface area contributed by atoms with Gasteiger partial charge in [0.15, 0.2) is 5.13 Å². The van der Waals surface area contributed by atoms with E-state index in [4.69, 9.17) is 14.5 Å². The zero-order valence-electron chi connectivity index (χ0n) is 17.1. The lowest BCUT2D eigenvalue weighted by Crippen LogP contribution is -2.37. The van der Waals surface area contributed by atoms with Crippen molar-refractivity contribution in [2.45, 2.75) is 36.7 Å². The third-order valence-electron chi connectivity index (χ3n) is 5.07. The molecule has 0 bridgehead atoms. The molecular weight excluding hydrogens is 416 g/mol. The Hall–Kier alpha value is -2.09. The Labute approximate surface area is 185 Å². The number of amides is 1. The smallest absolute Gasteiger partial charge is 0.228 e. The topological polar surface area (TPSA) is 51.7 Å². The van der Waals surface area contributed by atoms with Gasteiger partial charge in [-0.15, -0.1) is 11.8 Å². The van der Waals surface area contributed by atoms with Crippen molar-refractivity contribution in [3.63, 3.8) is 0 Å². The molecule has 30 heavy (non-hydrogen) atoms. The van der Waals surface area contributed by atoms with Gasteiger partial charge in [0.1, 0.15) is 5.75 Å². The second-order valence-electron chi connectivity index (χ2n) is 7.23. The minimum Gasteiger partial charge on any atom is -0.497 e. The van der Waals surface area contributed by atoms with E-state index in [0.29, 0.717) is 13.0 Å². The molecule has 2 heterocycles. The van der Waals surface area contributed by atoms with E-state index in [1.807, 2.05) is 41.3 Å². The van der Waals surface area contributed by atoms with Gasteiger partial charge >= 0.3 is 0 Å². The number of methoxy groups -OCH3 is 1. The Morgan fingerprint density at radius 2 is 2.17 bits per heavy atom. The highest BCUT2D eigenvalue weighted by Gasteiger charge is 2.26. The summed E-state index contributed by atoms with van der Waals surface area (Å²) >= 11 is 3.34. The summed E-state index contributed by atoms with van der Waals surface area (Å²) in [5, 5.41) is 0.745. The number of carbonyl (C=O) groups is 1. The summed E-state index contributed by atoms with van der Waals surface area (Å²) in [6.07, 6.45) is 3.48. The molecule has 1 aliphatic heterocycles. The number of hydrogen-bond acceptors (Lipinski definition) is 6. The van der Waals surface area contributed by atoms with Crippen molar-refractivity contribution in [2.75, 3.05) is 30.9 Å². The Bertz CT molecular complexity index is 971. The number of benzene rings is 2. The highest BCUT2D eigenvalue weighted by molar-refractivity contribution is 7.99. The number of aromatic nitrogens is 1. The van der Waals surface area contributed by atoms with Crippen LogP contribution in [0.15, 0.2) is 53.4 Å². The minimum absolute atomic E-state index is 0.0918. The molecule has 0 saturated carbocycles. The standard InChI is InChI=1S/C23H26N2O3S2/c1-27-17-11-12-21-20(15-17)24-23(30-21)25(16-18-7-5-13-28-18)22(26)10-6-14-29-19-8-3-2-4-9-19/h2-4,8-9,11-12,15,18H,5-7,10,13-14,16H2,1H3. The summed E-state index contributed by atoms with van der Waals surface area (Å²) in [4.78, 5) is 21.0. The number of ether oxygens (including phenoxy) is 2. The fourth-order valence-electron chi connectivity index (χ4n) is 3.48. The first-order valence-corrected chi connectivity index (χ1v) is 12.1. The van der Waals surface area contributed by atoms with Gasteiger partial charge in [0, 0.05) is 24.0 Å². The molecule has 5 nitrogen and oxygen atoms in total. The zero-order chi connectivity index (χ0) is 20.8. The molecule has 0 radical (unpaired) electrons. The summed E-state index contributed by atoms with van der Waals surface area (Å²) in [6.45, 7) is 1.35. The first-order valence-electron chi connectivity index (χ1n) is 10.3. The van der Waals surface area contributed by atoms with Gasteiger partial charge < -0.3 is 9.47 Å². The van der Waals surface area contributed by atoms with Crippen LogP contribution in [0.3, 0.4) is 0 Å². The van der Waals surface area contributed by atoms with Crippen LogP contribution in [0.1, 0.15) is 25.7 Å². The average molecular weight is 443 g/mol. The summed E-state index contributed by atoms with van der Waals surface area (Å²) in [6, 6.07) is 16.2. The van der Waals surface area contributed by atoms with Crippen LogP contribution in [-0.4, -0.2) is 43.0 Å². The van der Waals surface area contributed by atoms with Gasteiger partial charge in [-0.3, -0.25) is 9.69 Å². The number of nitrogens with zero attached hydrogens (tertiary/aromatic N) is 2. The van der Waals surface area contributed by atoms with Gasteiger partial charge in [0.2, 0.25) is 5.91 Å². The minimum atomic E-state index is 0.0918. The molecule has 1 saturated heterocycles. The number of thiazole rings is 1. The Kier molecular flexibility index (Phi) is 7.25. The SMILES string of the molecule is COc1ccc2sc(N(CC3CCCO3)C(=O)CCCSc3ccccc3)nc2c1. The van der Waals surface area contributed by atoms with Gasteiger partial charge in [-0.25, -0.2) is 4.98 Å². The van der Waals surface area contributed by atoms with E-state index in [1.165, 1.54) is 4.90 Å². The summed E-state index contributed by atoms with van der Waals surface area (Å²) < 4.78 is 12.2. The molecule has 1 fully saturated rings. The van der Waals surface area contributed by atoms with Crippen LogP contribution in [0.5, 0.6) is 5.75 Å². The lowest BCUT2D eigenvalue weighted by Gasteiger charge is -2.23. The van der Waals surface area contributed by atoms with Gasteiger partial charge in [-0.2, -0.15) is 0 Å². The van der Waals surface area contributed by atoms with Crippen molar-refractivity contribution in [1.29, 1.82) is 0 Å². The number of rotatable bonds is 9. The van der Waals surface area contributed by atoms with Gasteiger partial charge in [0.05, 0.1) is 30.0 Å². The molecule has 3 aromatic rings. The van der Waals surface area contributed by atoms with Crippen LogP contribution in [0, 0.1) is 0 Å². The van der Waals surface area contributed by atoms with Crippen LogP contribution in [-0.2, 0) is 9.53 Å². The van der Waals surface area contributed by atoms with E-state index in [0.717, 1.165) is 52.7 Å². The molecule has 0 aliphatic carbocycles. The molecule has 1 unspecified atom stereocenters. The molecule has 0 N–H and O–H groups in total. The number of carbonyl (C=O) groups excluding carboxylic acids is 1. The monoisotopic (exact) mass is 442 g/mol. The summed E-state index contributed by atoms with van der Waals surface area (Å²) in [5.74, 6) is 1.81. The molecule has 7 heteroatoms. The highest BCUT2D eigenvalue weighted by atomic mass is 32.2.